The van der Waals surface area contributed by atoms with Gasteiger partial charge in [0.15, 0.2) is 11.5 Å². The summed E-state index contributed by atoms with van der Waals surface area (Å²) in [5.74, 6) is 1.43. The number of rotatable bonds is 6. The van der Waals surface area contributed by atoms with Crippen molar-refractivity contribution in [3.8, 4) is 11.5 Å². The normalized spacial score (nSPS) is 21.0. The van der Waals surface area contributed by atoms with E-state index in [4.69, 9.17) is 19.9 Å². The highest BCUT2D eigenvalue weighted by Crippen LogP contribution is 2.33. The molecule has 1 aliphatic rings. The number of ether oxygens (including phenoxy) is 3. The fourth-order valence-electron chi connectivity index (χ4n) is 3.08. The molecule has 0 aliphatic carbocycles. The number of benzene rings is 1. The highest BCUT2D eigenvalue weighted by molar-refractivity contribution is 5.70. The second-order valence-electron chi connectivity index (χ2n) is 5.82. The van der Waals surface area contributed by atoms with Crippen molar-refractivity contribution in [2.24, 2.45) is 11.7 Å². The van der Waals surface area contributed by atoms with Gasteiger partial charge in [-0.05, 0) is 31.4 Å². The van der Waals surface area contributed by atoms with Crippen LogP contribution in [0.15, 0.2) is 18.2 Å². The number of methoxy groups -OCH3 is 2. The molecule has 6 nitrogen and oxygen atoms in total. The summed E-state index contributed by atoms with van der Waals surface area (Å²) in [4.78, 5) is 13.9. The maximum absolute atomic E-state index is 11.7. The number of hydrogen-bond acceptors (Lipinski definition) is 6. The molecule has 1 heterocycles. The number of anilines is 1. The van der Waals surface area contributed by atoms with Crippen LogP contribution in [0.4, 0.5) is 5.69 Å². The van der Waals surface area contributed by atoms with E-state index < -0.39 is 0 Å². The van der Waals surface area contributed by atoms with Gasteiger partial charge >= 0.3 is 5.97 Å². The van der Waals surface area contributed by atoms with Crippen LogP contribution in [0.1, 0.15) is 19.8 Å². The Morgan fingerprint density at radius 3 is 2.65 bits per heavy atom. The van der Waals surface area contributed by atoms with Crippen LogP contribution in [0.25, 0.3) is 0 Å². The summed E-state index contributed by atoms with van der Waals surface area (Å²) in [6.07, 6.45) is 1.24. The van der Waals surface area contributed by atoms with Gasteiger partial charge in [0.2, 0.25) is 0 Å². The lowest BCUT2D eigenvalue weighted by molar-refractivity contribution is -0.144. The van der Waals surface area contributed by atoms with Crippen LogP contribution < -0.4 is 20.1 Å². The van der Waals surface area contributed by atoms with Crippen molar-refractivity contribution in [2.45, 2.75) is 25.8 Å². The standard InChI is InChI=1S/C17H26N2O4/c1-4-23-17(20)8-12-7-13(18)11-19(10-12)14-5-6-15(21-2)16(9-14)22-3/h5-6,9,12-13H,4,7-8,10-11,18H2,1-3H3. The number of piperidine rings is 1. The number of nitrogens with zero attached hydrogens (tertiary/aromatic N) is 1. The van der Waals surface area contributed by atoms with E-state index in [0.717, 1.165) is 25.2 Å². The lowest BCUT2D eigenvalue weighted by Gasteiger charge is -2.37. The highest BCUT2D eigenvalue weighted by atomic mass is 16.5. The van der Waals surface area contributed by atoms with Gasteiger partial charge < -0.3 is 24.8 Å². The first-order chi connectivity index (χ1) is 11.1. The minimum Gasteiger partial charge on any atom is -0.493 e. The third-order valence-electron chi connectivity index (χ3n) is 4.06. The first kappa shape index (κ1) is 17.4. The molecule has 1 aromatic rings. The Kier molecular flexibility index (Phi) is 6.10. The van der Waals surface area contributed by atoms with Crippen molar-refractivity contribution in [1.29, 1.82) is 0 Å². The van der Waals surface area contributed by atoms with Crippen LogP contribution >= 0.6 is 0 Å². The second-order valence-corrected chi connectivity index (χ2v) is 5.82. The van der Waals surface area contributed by atoms with Gasteiger partial charge in [0, 0.05) is 30.9 Å². The van der Waals surface area contributed by atoms with E-state index in [2.05, 4.69) is 4.90 Å². The molecule has 2 N–H and O–H groups in total. The van der Waals surface area contributed by atoms with Crippen molar-refractivity contribution in [3.63, 3.8) is 0 Å². The Labute approximate surface area is 137 Å². The zero-order valence-electron chi connectivity index (χ0n) is 14.1. The molecule has 2 rings (SSSR count). The highest BCUT2D eigenvalue weighted by Gasteiger charge is 2.27. The molecule has 0 bridgehead atoms. The van der Waals surface area contributed by atoms with Crippen LogP contribution in [0.3, 0.4) is 0 Å². The quantitative estimate of drug-likeness (QED) is 0.805. The Balaban J connectivity index is 2.10. The SMILES string of the molecule is CCOC(=O)CC1CC(N)CN(c2ccc(OC)c(OC)c2)C1. The van der Waals surface area contributed by atoms with Crippen LogP contribution in [0.5, 0.6) is 11.5 Å². The maximum Gasteiger partial charge on any atom is 0.306 e. The molecule has 0 saturated carbocycles. The molecule has 1 fully saturated rings. The Morgan fingerprint density at radius 2 is 2.00 bits per heavy atom. The predicted molar refractivity (Wildman–Crippen MR) is 89.1 cm³/mol. The molecule has 0 spiro atoms. The molecule has 1 aromatic carbocycles. The summed E-state index contributed by atoms with van der Waals surface area (Å²) in [5.41, 5.74) is 7.20. The van der Waals surface area contributed by atoms with Crippen LogP contribution in [-0.2, 0) is 9.53 Å². The van der Waals surface area contributed by atoms with E-state index in [0.29, 0.717) is 24.5 Å². The number of carbonyl (C=O) groups is 1. The number of nitrogens with two attached hydrogens (primary N) is 1. The first-order valence-electron chi connectivity index (χ1n) is 7.95. The summed E-state index contributed by atoms with van der Waals surface area (Å²) in [7, 11) is 3.23. The molecular weight excluding hydrogens is 296 g/mol. The molecule has 2 unspecified atom stereocenters. The summed E-state index contributed by atoms with van der Waals surface area (Å²) >= 11 is 0. The van der Waals surface area contributed by atoms with Crippen LogP contribution in [0, 0.1) is 5.92 Å². The van der Waals surface area contributed by atoms with E-state index in [-0.39, 0.29) is 17.9 Å². The second kappa shape index (κ2) is 8.06. The maximum atomic E-state index is 11.7. The Hall–Kier alpha value is -1.95. The first-order valence-corrected chi connectivity index (χ1v) is 7.95. The van der Waals surface area contributed by atoms with Crippen molar-refractivity contribution < 1.29 is 19.0 Å². The third-order valence-corrected chi connectivity index (χ3v) is 4.06. The van der Waals surface area contributed by atoms with Crippen LogP contribution in [-0.4, -0.2) is 45.9 Å². The van der Waals surface area contributed by atoms with Crippen LogP contribution in [0.2, 0.25) is 0 Å². The Morgan fingerprint density at radius 1 is 1.26 bits per heavy atom. The number of carbonyl (C=O) groups excluding carboxylic acids is 1. The van der Waals surface area contributed by atoms with Gasteiger partial charge in [0.1, 0.15) is 0 Å². The summed E-state index contributed by atoms with van der Waals surface area (Å²) in [6.45, 7) is 3.77. The molecule has 1 saturated heterocycles. The van der Waals surface area contributed by atoms with E-state index in [1.807, 2.05) is 25.1 Å². The van der Waals surface area contributed by atoms with Gasteiger partial charge in [0.25, 0.3) is 0 Å². The zero-order valence-corrected chi connectivity index (χ0v) is 14.1. The smallest absolute Gasteiger partial charge is 0.306 e. The Bertz CT molecular complexity index is 535. The summed E-state index contributed by atoms with van der Waals surface area (Å²) < 4.78 is 15.7. The lowest BCUT2D eigenvalue weighted by Crippen LogP contribution is -2.47. The topological polar surface area (TPSA) is 74.0 Å². The van der Waals surface area contributed by atoms with E-state index in [1.165, 1.54) is 0 Å². The molecule has 1 aliphatic heterocycles. The molecule has 23 heavy (non-hydrogen) atoms. The van der Waals surface area contributed by atoms with Crippen molar-refractivity contribution in [2.75, 3.05) is 38.8 Å². The largest absolute Gasteiger partial charge is 0.493 e. The fraction of sp³-hybridized carbons (Fsp3) is 0.588. The van der Waals surface area contributed by atoms with Crippen molar-refractivity contribution in [3.05, 3.63) is 18.2 Å². The predicted octanol–water partition coefficient (Wildman–Crippen LogP) is 1.81. The summed E-state index contributed by atoms with van der Waals surface area (Å²) in [5, 5.41) is 0. The van der Waals surface area contributed by atoms with E-state index >= 15 is 0 Å². The van der Waals surface area contributed by atoms with Crippen molar-refractivity contribution >= 4 is 11.7 Å². The minimum atomic E-state index is -0.154. The average Bonchev–Trinajstić information content (AvgIpc) is 2.53. The van der Waals surface area contributed by atoms with E-state index in [9.17, 15) is 4.79 Å². The third kappa shape index (κ3) is 4.51. The fourth-order valence-corrected chi connectivity index (χ4v) is 3.08. The lowest BCUT2D eigenvalue weighted by atomic mass is 9.91. The minimum absolute atomic E-state index is 0.0382. The van der Waals surface area contributed by atoms with Crippen molar-refractivity contribution in [1.82, 2.24) is 0 Å². The van der Waals surface area contributed by atoms with Gasteiger partial charge in [-0.25, -0.2) is 0 Å². The van der Waals surface area contributed by atoms with E-state index in [1.54, 1.807) is 14.2 Å². The molecule has 0 amide bonds. The summed E-state index contributed by atoms with van der Waals surface area (Å²) in [6, 6.07) is 5.85. The monoisotopic (exact) mass is 322 g/mol. The van der Waals surface area contributed by atoms with Gasteiger partial charge in [-0.2, -0.15) is 0 Å². The molecule has 0 aromatic heterocycles. The molecule has 2 atom stereocenters. The van der Waals surface area contributed by atoms with Gasteiger partial charge in [-0.3, -0.25) is 4.79 Å². The molecule has 128 valence electrons. The zero-order chi connectivity index (χ0) is 16.8. The molecular formula is C17H26N2O4. The number of esters is 1. The van der Waals surface area contributed by atoms with Gasteiger partial charge in [-0.1, -0.05) is 0 Å². The average molecular weight is 322 g/mol. The van der Waals surface area contributed by atoms with Gasteiger partial charge in [0.05, 0.1) is 27.2 Å². The molecule has 0 radical (unpaired) electrons. The molecule has 6 heteroatoms. The van der Waals surface area contributed by atoms with Gasteiger partial charge in [-0.15, -0.1) is 0 Å². The number of hydrogen-bond donors (Lipinski definition) is 1.